The fourth-order valence-electron chi connectivity index (χ4n) is 2.11. The molecule has 0 aliphatic heterocycles. The van der Waals surface area contributed by atoms with Crippen LogP contribution in [0.25, 0.3) is 0 Å². The second-order valence-electron chi connectivity index (χ2n) is 4.53. The molecule has 0 saturated heterocycles. The summed E-state index contributed by atoms with van der Waals surface area (Å²) in [4.78, 5) is 33.4. The lowest BCUT2D eigenvalue weighted by Crippen LogP contribution is -2.42. The molecule has 1 aromatic carbocycles. The Kier molecular flexibility index (Phi) is 7.11. The van der Waals surface area contributed by atoms with E-state index >= 15 is 0 Å². The Morgan fingerprint density at radius 1 is 1.29 bits per heavy atom. The van der Waals surface area contributed by atoms with Gasteiger partial charge in [0.05, 0.1) is 6.04 Å². The van der Waals surface area contributed by atoms with E-state index in [9.17, 15) is 14.4 Å². The minimum absolute atomic E-state index is 0.175. The van der Waals surface area contributed by atoms with Gasteiger partial charge in [0.25, 0.3) is 0 Å². The highest BCUT2D eigenvalue weighted by Crippen LogP contribution is 2.18. The predicted octanol–water partition coefficient (Wildman–Crippen LogP) is 0.724. The summed E-state index contributed by atoms with van der Waals surface area (Å²) in [5, 5.41) is 8.69. The van der Waals surface area contributed by atoms with E-state index in [0.717, 1.165) is 23.8 Å². The molecular weight excluding hydrogens is 270 g/mol. The van der Waals surface area contributed by atoms with Crippen molar-refractivity contribution in [2.24, 2.45) is 0 Å². The number of benzene rings is 1. The molecule has 6 nitrogen and oxygen atoms in total. The lowest BCUT2D eigenvalue weighted by atomic mass is 10.0. The van der Waals surface area contributed by atoms with Gasteiger partial charge in [0.1, 0.15) is 12.6 Å². The number of carbonyl (C=O) groups excluding carboxylic acids is 3. The van der Waals surface area contributed by atoms with Crippen molar-refractivity contribution in [2.45, 2.75) is 25.4 Å². The van der Waals surface area contributed by atoms with Gasteiger partial charge in [-0.3, -0.25) is 9.59 Å². The summed E-state index contributed by atoms with van der Waals surface area (Å²) >= 11 is 0. The van der Waals surface area contributed by atoms with Crippen molar-refractivity contribution >= 4 is 24.2 Å². The maximum absolute atomic E-state index is 11.8. The van der Waals surface area contributed by atoms with Crippen LogP contribution >= 0.6 is 0 Å². The largest absolute Gasteiger partial charge is 0.388 e. The lowest BCUT2D eigenvalue weighted by Gasteiger charge is -2.18. The minimum Gasteiger partial charge on any atom is -0.388 e. The smallest absolute Gasteiger partial charge is 0.236 e. The summed E-state index contributed by atoms with van der Waals surface area (Å²) < 4.78 is 0. The van der Waals surface area contributed by atoms with Crippen LogP contribution in [0.2, 0.25) is 0 Å². The van der Waals surface area contributed by atoms with E-state index in [2.05, 4.69) is 16.0 Å². The fraction of sp³-hybridized carbons (Fsp3) is 0.400. The molecule has 1 aromatic rings. The van der Waals surface area contributed by atoms with Gasteiger partial charge in [-0.25, -0.2) is 0 Å². The Labute approximate surface area is 124 Å². The molecule has 1 rings (SSSR count). The first-order valence-electron chi connectivity index (χ1n) is 6.81. The number of hydrogen-bond donors (Lipinski definition) is 3. The van der Waals surface area contributed by atoms with Gasteiger partial charge in [0.2, 0.25) is 5.91 Å². The van der Waals surface area contributed by atoms with Crippen molar-refractivity contribution in [3.8, 4) is 0 Å². The van der Waals surface area contributed by atoms with E-state index in [-0.39, 0.29) is 5.91 Å². The summed E-state index contributed by atoms with van der Waals surface area (Å²) in [7, 11) is 3.33. The highest BCUT2D eigenvalue weighted by atomic mass is 16.2. The first-order valence-corrected chi connectivity index (χ1v) is 6.81. The summed E-state index contributed by atoms with van der Waals surface area (Å²) in [6.07, 6.45) is 2.30. The predicted molar refractivity (Wildman–Crippen MR) is 81.4 cm³/mol. The minimum atomic E-state index is -0.468. The normalized spacial score (nSPS) is 11.5. The van der Waals surface area contributed by atoms with Gasteiger partial charge >= 0.3 is 0 Å². The highest BCUT2D eigenvalue weighted by molar-refractivity contribution is 5.82. The lowest BCUT2D eigenvalue weighted by molar-refractivity contribution is -0.122. The summed E-state index contributed by atoms with van der Waals surface area (Å²) in [5.74, 6) is -0.175. The number of nitrogens with one attached hydrogen (secondary N) is 3. The molecule has 1 unspecified atom stereocenters. The maximum Gasteiger partial charge on any atom is 0.236 e. The number of rotatable bonds is 9. The molecule has 0 fully saturated rings. The first-order chi connectivity index (χ1) is 10.2. The zero-order valence-corrected chi connectivity index (χ0v) is 12.3. The average molecular weight is 291 g/mol. The summed E-state index contributed by atoms with van der Waals surface area (Å²) in [6.45, 7) is 0.363. The Morgan fingerprint density at radius 3 is 2.62 bits per heavy atom. The molecular formula is C15H21N3O3. The van der Waals surface area contributed by atoms with Crippen LogP contribution in [0.5, 0.6) is 0 Å². The van der Waals surface area contributed by atoms with Gasteiger partial charge < -0.3 is 20.7 Å². The molecule has 0 aliphatic carbocycles. The van der Waals surface area contributed by atoms with Gasteiger partial charge in [-0.05, 0) is 18.1 Å². The van der Waals surface area contributed by atoms with E-state index < -0.39 is 6.04 Å². The Hall–Kier alpha value is -2.21. The van der Waals surface area contributed by atoms with Crippen molar-refractivity contribution in [1.82, 2.24) is 10.6 Å². The molecule has 0 aromatic heterocycles. The van der Waals surface area contributed by atoms with Gasteiger partial charge in [-0.1, -0.05) is 12.1 Å². The number of aldehydes is 2. The van der Waals surface area contributed by atoms with Crippen LogP contribution in [0, 0.1) is 0 Å². The highest BCUT2D eigenvalue weighted by Gasteiger charge is 2.17. The van der Waals surface area contributed by atoms with Crippen LogP contribution < -0.4 is 16.0 Å². The molecule has 0 heterocycles. The van der Waals surface area contributed by atoms with Crippen LogP contribution in [-0.4, -0.2) is 38.6 Å². The van der Waals surface area contributed by atoms with E-state index in [1.807, 2.05) is 6.07 Å². The molecule has 0 bridgehead atoms. The van der Waals surface area contributed by atoms with Crippen LogP contribution in [0.3, 0.4) is 0 Å². The van der Waals surface area contributed by atoms with E-state index in [0.29, 0.717) is 24.9 Å². The van der Waals surface area contributed by atoms with Gasteiger partial charge in [-0.15, -0.1) is 0 Å². The van der Waals surface area contributed by atoms with E-state index in [4.69, 9.17) is 0 Å². The van der Waals surface area contributed by atoms with Crippen LogP contribution in [-0.2, 0) is 16.1 Å². The number of carbonyl (C=O) groups is 3. The first kappa shape index (κ1) is 16.8. The summed E-state index contributed by atoms with van der Waals surface area (Å²) in [6, 6.07) is 4.92. The van der Waals surface area contributed by atoms with Crippen molar-refractivity contribution < 1.29 is 14.4 Å². The molecule has 1 atom stereocenters. The maximum atomic E-state index is 11.8. The number of likely N-dealkylation sites (N-methyl/N-ethyl adjacent to an activating group) is 1. The molecule has 0 saturated carbocycles. The van der Waals surface area contributed by atoms with Crippen LogP contribution in [0.1, 0.15) is 28.8 Å². The molecule has 1 amide bonds. The number of anilines is 1. The fourth-order valence-corrected chi connectivity index (χ4v) is 2.11. The van der Waals surface area contributed by atoms with Crippen LogP contribution in [0.15, 0.2) is 18.2 Å². The van der Waals surface area contributed by atoms with Gasteiger partial charge in [-0.2, -0.15) is 0 Å². The number of amides is 1. The average Bonchev–Trinajstić information content (AvgIpc) is 2.53. The third-order valence-corrected chi connectivity index (χ3v) is 3.27. The van der Waals surface area contributed by atoms with Gasteiger partial charge in [0, 0.05) is 38.3 Å². The van der Waals surface area contributed by atoms with Crippen molar-refractivity contribution in [2.75, 3.05) is 19.4 Å². The Balaban J connectivity index is 2.86. The Bertz CT molecular complexity index is 503. The zero-order valence-electron chi connectivity index (χ0n) is 12.3. The van der Waals surface area contributed by atoms with Crippen molar-refractivity contribution in [3.63, 3.8) is 0 Å². The molecule has 21 heavy (non-hydrogen) atoms. The quantitative estimate of drug-likeness (QED) is 0.584. The molecule has 3 N–H and O–H groups in total. The Morgan fingerprint density at radius 2 is 2.05 bits per heavy atom. The standard InChI is InChI=1S/C15H21N3O3/c1-16-13-6-3-5-11(10-20)12(13)9-18-14(7-4-8-19)15(21)17-2/h3,5-6,8,10,14,16,18H,4,7,9H2,1-2H3,(H,17,21). The third kappa shape index (κ3) is 4.68. The molecule has 6 heteroatoms. The van der Waals surface area contributed by atoms with Crippen molar-refractivity contribution in [3.05, 3.63) is 29.3 Å². The zero-order chi connectivity index (χ0) is 15.7. The molecule has 0 aliphatic rings. The van der Waals surface area contributed by atoms with Crippen molar-refractivity contribution in [1.29, 1.82) is 0 Å². The van der Waals surface area contributed by atoms with E-state index in [1.54, 1.807) is 26.2 Å². The summed E-state index contributed by atoms with van der Waals surface area (Å²) in [5.41, 5.74) is 2.20. The second-order valence-corrected chi connectivity index (χ2v) is 4.53. The molecule has 0 radical (unpaired) electrons. The monoisotopic (exact) mass is 291 g/mol. The molecule has 0 spiro atoms. The van der Waals surface area contributed by atoms with Crippen LogP contribution in [0.4, 0.5) is 5.69 Å². The topological polar surface area (TPSA) is 87.3 Å². The number of hydrogen-bond acceptors (Lipinski definition) is 5. The SMILES string of the molecule is CNC(=O)C(CCC=O)NCc1c(C=O)cccc1NC. The second kappa shape index (κ2) is 8.86. The van der Waals surface area contributed by atoms with Gasteiger partial charge in [0.15, 0.2) is 0 Å². The molecule has 114 valence electrons. The third-order valence-electron chi connectivity index (χ3n) is 3.27. The van der Waals surface area contributed by atoms with E-state index in [1.165, 1.54) is 0 Å².